The van der Waals surface area contributed by atoms with Crippen LogP contribution in [0, 0.1) is 33.5 Å². The number of carbonyl (C=O) groups is 2. The Morgan fingerprint density at radius 2 is 1.74 bits per heavy atom. The normalized spacial score (nSPS) is 55.2. The van der Waals surface area contributed by atoms with Crippen molar-refractivity contribution >= 4 is 11.8 Å². The minimum Gasteiger partial charge on any atom is -0.481 e. The van der Waals surface area contributed by atoms with Crippen LogP contribution >= 0.6 is 0 Å². The molecular weight excluding hydrogens is 288 g/mol. The molecule has 4 aliphatic carbocycles. The second-order valence-corrected chi connectivity index (χ2v) is 9.96. The Kier molecular flexibility index (Phi) is 3.00. The maximum Gasteiger partial charge on any atom is 0.309 e. The first kappa shape index (κ1) is 15.7. The summed E-state index contributed by atoms with van der Waals surface area (Å²) in [6, 6.07) is 0. The number of fused-ring (bicyclic) bond motifs is 3. The second kappa shape index (κ2) is 4.40. The minimum absolute atomic E-state index is 0.0789. The van der Waals surface area contributed by atoms with Crippen molar-refractivity contribution in [3.05, 3.63) is 0 Å². The summed E-state index contributed by atoms with van der Waals surface area (Å²) in [5.41, 5.74) is -0.357. The molecule has 0 saturated heterocycles. The van der Waals surface area contributed by atoms with Gasteiger partial charge in [-0.2, -0.15) is 0 Å². The van der Waals surface area contributed by atoms with E-state index >= 15 is 0 Å². The lowest BCUT2D eigenvalue weighted by atomic mass is 9.40. The van der Waals surface area contributed by atoms with Gasteiger partial charge in [0.15, 0.2) is 0 Å². The molecule has 0 aromatic carbocycles. The first-order valence-electron chi connectivity index (χ1n) is 9.43. The van der Waals surface area contributed by atoms with Gasteiger partial charge in [0, 0.05) is 11.8 Å². The fourth-order valence-electron chi connectivity index (χ4n) is 7.76. The van der Waals surface area contributed by atoms with Crippen molar-refractivity contribution in [2.45, 2.75) is 78.6 Å². The van der Waals surface area contributed by atoms with Crippen LogP contribution in [0.25, 0.3) is 0 Å². The van der Waals surface area contributed by atoms with Crippen molar-refractivity contribution in [2.24, 2.45) is 33.5 Å². The molecule has 0 aliphatic heterocycles. The Bertz CT molecular complexity index is 583. The summed E-state index contributed by atoms with van der Waals surface area (Å²) in [4.78, 5) is 24.7. The van der Waals surface area contributed by atoms with E-state index in [1.165, 1.54) is 0 Å². The highest BCUT2D eigenvalue weighted by Gasteiger charge is 2.68. The number of ketones is 1. The van der Waals surface area contributed by atoms with Gasteiger partial charge in [-0.25, -0.2) is 0 Å². The van der Waals surface area contributed by atoms with Crippen LogP contribution in [0.1, 0.15) is 78.6 Å². The Morgan fingerprint density at radius 3 is 2.43 bits per heavy atom. The molecule has 3 heteroatoms. The zero-order valence-corrected chi connectivity index (χ0v) is 14.8. The van der Waals surface area contributed by atoms with Crippen LogP contribution in [-0.4, -0.2) is 16.9 Å². The highest BCUT2D eigenvalue weighted by molar-refractivity contribution is 5.88. The number of carboxylic acid groups (broad SMARTS) is 1. The van der Waals surface area contributed by atoms with Crippen LogP contribution in [0.2, 0.25) is 0 Å². The van der Waals surface area contributed by atoms with E-state index in [0.29, 0.717) is 11.7 Å². The van der Waals surface area contributed by atoms with Gasteiger partial charge in [0.05, 0.1) is 5.41 Å². The van der Waals surface area contributed by atoms with Gasteiger partial charge in [0.25, 0.3) is 0 Å². The molecule has 128 valence electrons. The average molecular weight is 318 g/mol. The smallest absolute Gasteiger partial charge is 0.309 e. The van der Waals surface area contributed by atoms with E-state index in [1.54, 1.807) is 0 Å². The van der Waals surface area contributed by atoms with Crippen LogP contribution in [-0.2, 0) is 9.59 Å². The lowest BCUT2D eigenvalue weighted by molar-refractivity contribution is -0.182. The van der Waals surface area contributed by atoms with Gasteiger partial charge >= 0.3 is 5.97 Å². The van der Waals surface area contributed by atoms with Gasteiger partial charge in [0.2, 0.25) is 0 Å². The van der Waals surface area contributed by atoms with Crippen molar-refractivity contribution in [3.63, 3.8) is 0 Å². The van der Waals surface area contributed by atoms with Crippen molar-refractivity contribution in [1.29, 1.82) is 0 Å². The number of Topliss-reactive ketones (excluding diaryl/α,β-unsaturated/α-hetero) is 1. The Hall–Kier alpha value is -0.860. The van der Waals surface area contributed by atoms with Crippen LogP contribution in [0.15, 0.2) is 0 Å². The molecule has 6 atom stereocenters. The second-order valence-electron chi connectivity index (χ2n) is 9.96. The molecule has 4 fully saturated rings. The number of aliphatic carboxylic acids is 1. The van der Waals surface area contributed by atoms with Crippen LogP contribution < -0.4 is 0 Å². The molecule has 4 rings (SSSR count). The lowest BCUT2D eigenvalue weighted by Gasteiger charge is -2.63. The van der Waals surface area contributed by atoms with Crippen LogP contribution in [0.3, 0.4) is 0 Å². The Labute approximate surface area is 139 Å². The van der Waals surface area contributed by atoms with Gasteiger partial charge < -0.3 is 5.11 Å². The van der Waals surface area contributed by atoms with Gasteiger partial charge in [0.1, 0.15) is 5.78 Å². The summed E-state index contributed by atoms with van der Waals surface area (Å²) in [5.74, 6) is 0.704. The fraction of sp³-hybridized carbons (Fsp3) is 0.900. The molecule has 23 heavy (non-hydrogen) atoms. The van der Waals surface area contributed by atoms with E-state index in [1.807, 2.05) is 6.92 Å². The van der Waals surface area contributed by atoms with Gasteiger partial charge in [-0.15, -0.1) is 0 Å². The van der Waals surface area contributed by atoms with E-state index in [4.69, 9.17) is 0 Å². The van der Waals surface area contributed by atoms with E-state index in [9.17, 15) is 14.7 Å². The van der Waals surface area contributed by atoms with Crippen LogP contribution in [0.5, 0.6) is 0 Å². The van der Waals surface area contributed by atoms with Crippen molar-refractivity contribution < 1.29 is 14.7 Å². The molecule has 2 bridgehead atoms. The highest BCUT2D eigenvalue weighted by atomic mass is 16.4. The molecule has 4 saturated carbocycles. The predicted octanol–water partition coefficient (Wildman–Crippen LogP) is 4.44. The maximum atomic E-state index is 12.6. The topological polar surface area (TPSA) is 54.4 Å². The zero-order valence-electron chi connectivity index (χ0n) is 14.8. The standard InChI is InChI=1S/C20H30O3/c1-17-9-5-14-18(2)7-4-8-19(3,16(22)23)13(18)6-10-20(14,12-17)11-15(17)21/h13-14H,4-12H2,1-3H3,(H,22,23)/t13-,14-,17-,18+,19-,20-/m0/s1. The summed E-state index contributed by atoms with van der Waals surface area (Å²) in [6.45, 7) is 6.54. The Morgan fingerprint density at radius 1 is 1.04 bits per heavy atom. The summed E-state index contributed by atoms with van der Waals surface area (Å²) in [7, 11) is 0. The first-order chi connectivity index (χ1) is 10.7. The number of hydrogen-bond donors (Lipinski definition) is 1. The molecular formula is C20H30O3. The van der Waals surface area contributed by atoms with Crippen molar-refractivity contribution in [2.75, 3.05) is 0 Å². The molecule has 1 N–H and O–H groups in total. The zero-order chi connectivity index (χ0) is 16.7. The molecule has 0 aromatic heterocycles. The van der Waals surface area contributed by atoms with Gasteiger partial charge in [-0.3, -0.25) is 9.59 Å². The molecule has 0 heterocycles. The molecule has 4 aliphatic rings. The SMILES string of the molecule is C[C@@]12CC[C@@H]3[C@@](CC[C@H]4[C@@]3(C)CCC[C@]4(C)C(=O)O)(CC1=O)C2. The van der Waals surface area contributed by atoms with E-state index in [0.717, 1.165) is 57.8 Å². The fourth-order valence-corrected chi connectivity index (χ4v) is 7.76. The maximum absolute atomic E-state index is 12.6. The van der Waals surface area contributed by atoms with Gasteiger partial charge in [-0.1, -0.05) is 20.3 Å². The van der Waals surface area contributed by atoms with Crippen molar-refractivity contribution in [3.8, 4) is 0 Å². The molecule has 1 spiro atoms. The lowest BCUT2D eigenvalue weighted by Crippen LogP contribution is -2.58. The molecule has 0 amide bonds. The summed E-state index contributed by atoms with van der Waals surface area (Å²) >= 11 is 0. The minimum atomic E-state index is -0.604. The number of hydrogen-bond acceptors (Lipinski definition) is 2. The third-order valence-corrected chi connectivity index (χ3v) is 8.84. The molecule has 0 radical (unpaired) electrons. The first-order valence-corrected chi connectivity index (χ1v) is 9.43. The quantitative estimate of drug-likeness (QED) is 0.777. The van der Waals surface area contributed by atoms with Crippen LogP contribution in [0.4, 0.5) is 0 Å². The number of carbonyl (C=O) groups excluding carboxylic acids is 1. The third-order valence-electron chi connectivity index (χ3n) is 8.84. The van der Waals surface area contributed by atoms with E-state index < -0.39 is 11.4 Å². The average Bonchev–Trinajstić information content (AvgIpc) is 2.63. The monoisotopic (exact) mass is 318 g/mol. The Balaban J connectivity index is 1.76. The largest absolute Gasteiger partial charge is 0.481 e. The highest BCUT2D eigenvalue weighted by Crippen LogP contribution is 2.72. The molecule has 0 aromatic rings. The third kappa shape index (κ3) is 1.77. The summed E-state index contributed by atoms with van der Waals surface area (Å²) in [5, 5.41) is 9.91. The number of carboxylic acids is 1. The summed E-state index contributed by atoms with van der Waals surface area (Å²) < 4.78 is 0. The summed E-state index contributed by atoms with van der Waals surface area (Å²) in [6.07, 6.45) is 9.04. The van der Waals surface area contributed by atoms with Gasteiger partial charge in [-0.05, 0) is 74.5 Å². The molecule has 0 unspecified atom stereocenters. The predicted molar refractivity (Wildman–Crippen MR) is 87.9 cm³/mol. The van der Waals surface area contributed by atoms with E-state index in [2.05, 4.69) is 13.8 Å². The van der Waals surface area contributed by atoms with E-state index in [-0.39, 0.29) is 22.2 Å². The van der Waals surface area contributed by atoms with Crippen molar-refractivity contribution in [1.82, 2.24) is 0 Å². The number of rotatable bonds is 1. The molecule has 3 nitrogen and oxygen atoms in total.